The van der Waals surface area contributed by atoms with Crippen LogP contribution in [0.15, 0.2) is 30.3 Å². The van der Waals surface area contributed by atoms with Crippen LogP contribution in [0.3, 0.4) is 0 Å². The van der Waals surface area contributed by atoms with Crippen molar-refractivity contribution in [1.82, 2.24) is 9.97 Å². The van der Waals surface area contributed by atoms with Gasteiger partial charge in [-0.3, -0.25) is 4.79 Å². The van der Waals surface area contributed by atoms with Crippen molar-refractivity contribution in [2.24, 2.45) is 0 Å². The van der Waals surface area contributed by atoms with Crippen LogP contribution in [0.5, 0.6) is 0 Å². The molecule has 112 valence electrons. The Morgan fingerprint density at radius 2 is 2.05 bits per heavy atom. The molecule has 0 aliphatic rings. The number of thiazole rings is 1. The van der Waals surface area contributed by atoms with Gasteiger partial charge in [-0.25, -0.2) is 9.97 Å². The molecule has 0 unspecified atom stereocenters. The Hall–Kier alpha value is -1.69. The molecule has 3 aromatic rings. The van der Waals surface area contributed by atoms with Gasteiger partial charge in [-0.2, -0.15) is 0 Å². The minimum atomic E-state index is -0.141. The highest BCUT2D eigenvalue weighted by molar-refractivity contribution is 7.22. The molecule has 0 saturated heterocycles. The number of carbonyl (C=O) groups is 1. The van der Waals surface area contributed by atoms with Gasteiger partial charge in [0.15, 0.2) is 5.13 Å². The van der Waals surface area contributed by atoms with Crippen LogP contribution in [-0.2, 0) is 11.2 Å². The quantitative estimate of drug-likeness (QED) is 0.707. The summed E-state index contributed by atoms with van der Waals surface area (Å²) in [4.78, 5) is 20.6. The van der Waals surface area contributed by atoms with Crippen LogP contribution in [0.4, 0.5) is 5.13 Å². The third kappa shape index (κ3) is 3.38. The molecule has 2 heterocycles. The van der Waals surface area contributed by atoms with E-state index in [1.807, 2.05) is 25.1 Å². The molecule has 0 atom stereocenters. The van der Waals surface area contributed by atoms with Crippen molar-refractivity contribution in [1.29, 1.82) is 0 Å². The SMILES string of the molecule is Cc1nc(Cl)ccc1CC(=O)Nc1nc2ccc(Cl)cc2s1. The van der Waals surface area contributed by atoms with Gasteiger partial charge in [0, 0.05) is 10.7 Å². The molecular weight excluding hydrogens is 341 g/mol. The zero-order chi connectivity index (χ0) is 15.7. The van der Waals surface area contributed by atoms with E-state index in [9.17, 15) is 4.79 Å². The number of nitrogens with one attached hydrogen (secondary N) is 1. The molecule has 1 amide bonds. The van der Waals surface area contributed by atoms with Crippen LogP contribution in [0, 0.1) is 6.92 Å². The largest absolute Gasteiger partial charge is 0.302 e. The van der Waals surface area contributed by atoms with Crippen molar-refractivity contribution in [3.63, 3.8) is 0 Å². The number of aromatic nitrogens is 2. The lowest BCUT2D eigenvalue weighted by atomic mass is 10.1. The van der Waals surface area contributed by atoms with E-state index in [2.05, 4.69) is 15.3 Å². The molecule has 2 aromatic heterocycles. The van der Waals surface area contributed by atoms with Gasteiger partial charge in [0.25, 0.3) is 0 Å². The highest BCUT2D eigenvalue weighted by atomic mass is 35.5. The Kier molecular flexibility index (Phi) is 4.29. The summed E-state index contributed by atoms with van der Waals surface area (Å²) in [5, 5.41) is 4.43. The lowest BCUT2D eigenvalue weighted by Gasteiger charge is -2.05. The molecule has 3 rings (SSSR count). The van der Waals surface area contributed by atoms with Crippen molar-refractivity contribution in [3.05, 3.63) is 51.8 Å². The van der Waals surface area contributed by atoms with E-state index >= 15 is 0 Å². The first-order chi connectivity index (χ1) is 10.5. The van der Waals surface area contributed by atoms with Crippen molar-refractivity contribution >= 4 is 55.8 Å². The molecule has 0 saturated carbocycles. The highest BCUT2D eigenvalue weighted by Gasteiger charge is 2.11. The summed E-state index contributed by atoms with van der Waals surface area (Å²) < 4.78 is 0.937. The number of benzene rings is 1. The van der Waals surface area contributed by atoms with Gasteiger partial charge in [-0.15, -0.1) is 0 Å². The smallest absolute Gasteiger partial charge is 0.230 e. The summed E-state index contributed by atoms with van der Waals surface area (Å²) in [6, 6.07) is 8.92. The van der Waals surface area contributed by atoms with Crippen molar-refractivity contribution in [2.45, 2.75) is 13.3 Å². The Morgan fingerprint density at radius 1 is 1.23 bits per heavy atom. The second-order valence-electron chi connectivity index (χ2n) is 4.73. The number of hydrogen-bond donors (Lipinski definition) is 1. The highest BCUT2D eigenvalue weighted by Crippen LogP contribution is 2.28. The first kappa shape index (κ1) is 15.2. The van der Waals surface area contributed by atoms with E-state index in [1.54, 1.807) is 12.1 Å². The Morgan fingerprint density at radius 3 is 2.82 bits per heavy atom. The maximum Gasteiger partial charge on any atom is 0.230 e. The third-order valence-corrected chi connectivity index (χ3v) is 4.49. The van der Waals surface area contributed by atoms with Crippen LogP contribution >= 0.6 is 34.5 Å². The zero-order valence-corrected chi connectivity index (χ0v) is 13.9. The standard InChI is InChI=1S/C15H11Cl2N3OS/c1-8-9(2-5-13(17)18-8)6-14(21)20-15-19-11-4-3-10(16)7-12(11)22-15/h2-5,7H,6H2,1H3,(H,19,20,21). The average molecular weight is 352 g/mol. The summed E-state index contributed by atoms with van der Waals surface area (Å²) in [5.41, 5.74) is 2.40. The minimum Gasteiger partial charge on any atom is -0.302 e. The molecule has 7 heteroatoms. The first-order valence-electron chi connectivity index (χ1n) is 6.49. The number of pyridine rings is 1. The van der Waals surface area contributed by atoms with Gasteiger partial charge in [0.2, 0.25) is 5.91 Å². The number of rotatable bonds is 3. The summed E-state index contributed by atoms with van der Waals surface area (Å²) >= 11 is 13.1. The third-order valence-electron chi connectivity index (χ3n) is 3.11. The Bertz CT molecular complexity index is 863. The predicted molar refractivity (Wildman–Crippen MR) is 90.9 cm³/mol. The van der Waals surface area contributed by atoms with Crippen molar-refractivity contribution in [3.8, 4) is 0 Å². The molecule has 0 radical (unpaired) electrons. The Labute approximate surface area is 141 Å². The molecule has 1 N–H and O–H groups in total. The first-order valence-corrected chi connectivity index (χ1v) is 8.06. The van der Waals surface area contributed by atoms with Crippen LogP contribution in [-0.4, -0.2) is 15.9 Å². The van der Waals surface area contributed by atoms with E-state index in [4.69, 9.17) is 23.2 Å². The average Bonchev–Trinajstić information content (AvgIpc) is 2.83. The molecule has 1 aromatic carbocycles. The number of fused-ring (bicyclic) bond motifs is 1. The van der Waals surface area contributed by atoms with E-state index in [0.29, 0.717) is 15.3 Å². The van der Waals surface area contributed by atoms with Crippen LogP contribution in [0.25, 0.3) is 10.2 Å². The number of anilines is 1. The van der Waals surface area contributed by atoms with Gasteiger partial charge in [0.1, 0.15) is 5.15 Å². The number of hydrogen-bond acceptors (Lipinski definition) is 4. The predicted octanol–water partition coefficient (Wildman–Crippen LogP) is 4.49. The van der Waals surface area contributed by atoms with Crippen molar-refractivity contribution in [2.75, 3.05) is 5.32 Å². The number of carbonyl (C=O) groups excluding carboxylic acids is 1. The lowest BCUT2D eigenvalue weighted by molar-refractivity contribution is -0.115. The summed E-state index contributed by atoms with van der Waals surface area (Å²) in [6.07, 6.45) is 0.229. The van der Waals surface area contributed by atoms with Crippen molar-refractivity contribution < 1.29 is 4.79 Å². The fraction of sp³-hybridized carbons (Fsp3) is 0.133. The van der Waals surface area contributed by atoms with E-state index in [0.717, 1.165) is 21.5 Å². The minimum absolute atomic E-state index is 0.141. The molecule has 0 aliphatic heterocycles. The van der Waals surface area contributed by atoms with Gasteiger partial charge in [-0.1, -0.05) is 40.6 Å². The maximum atomic E-state index is 12.1. The maximum absolute atomic E-state index is 12.1. The fourth-order valence-corrected chi connectivity index (χ4v) is 3.38. The molecule has 0 bridgehead atoms. The van der Waals surface area contributed by atoms with E-state index < -0.39 is 0 Å². The summed E-state index contributed by atoms with van der Waals surface area (Å²) in [7, 11) is 0. The zero-order valence-electron chi connectivity index (χ0n) is 11.6. The van der Waals surface area contributed by atoms with Crippen LogP contribution in [0.1, 0.15) is 11.3 Å². The second kappa shape index (κ2) is 6.20. The lowest BCUT2D eigenvalue weighted by Crippen LogP contribution is -2.15. The summed E-state index contributed by atoms with van der Waals surface area (Å²) in [6.45, 7) is 1.83. The molecular formula is C15H11Cl2N3OS. The molecule has 0 fully saturated rings. The number of amides is 1. The second-order valence-corrected chi connectivity index (χ2v) is 6.59. The normalized spacial score (nSPS) is 10.9. The van der Waals surface area contributed by atoms with Gasteiger partial charge in [-0.05, 0) is 36.8 Å². The monoisotopic (exact) mass is 351 g/mol. The Balaban J connectivity index is 1.75. The van der Waals surface area contributed by atoms with E-state index in [1.165, 1.54) is 11.3 Å². The number of halogens is 2. The molecule has 0 spiro atoms. The number of aryl methyl sites for hydroxylation is 1. The molecule has 22 heavy (non-hydrogen) atoms. The number of nitrogens with zero attached hydrogens (tertiary/aromatic N) is 2. The van der Waals surface area contributed by atoms with Gasteiger partial charge >= 0.3 is 0 Å². The van der Waals surface area contributed by atoms with E-state index in [-0.39, 0.29) is 12.3 Å². The molecule has 4 nitrogen and oxygen atoms in total. The van der Waals surface area contributed by atoms with Gasteiger partial charge in [0.05, 0.1) is 16.6 Å². The topological polar surface area (TPSA) is 54.9 Å². The fourth-order valence-electron chi connectivity index (χ4n) is 2.03. The van der Waals surface area contributed by atoms with Crippen LogP contribution in [0.2, 0.25) is 10.2 Å². The van der Waals surface area contributed by atoms with Gasteiger partial charge < -0.3 is 5.32 Å². The summed E-state index contributed by atoms with van der Waals surface area (Å²) in [5.74, 6) is -0.141. The van der Waals surface area contributed by atoms with Crippen LogP contribution < -0.4 is 5.32 Å². The molecule has 0 aliphatic carbocycles.